The summed E-state index contributed by atoms with van der Waals surface area (Å²) < 4.78 is 0. The van der Waals surface area contributed by atoms with Crippen LogP contribution in [0.15, 0.2) is 24.3 Å². The molecule has 3 nitrogen and oxygen atoms in total. The molecular weight excluding hydrogens is 262 g/mol. The van der Waals surface area contributed by atoms with Crippen molar-refractivity contribution in [2.24, 2.45) is 5.92 Å². The van der Waals surface area contributed by atoms with Gasteiger partial charge in [0.25, 0.3) is 0 Å². The summed E-state index contributed by atoms with van der Waals surface area (Å²) in [7, 11) is 0. The molecule has 2 rings (SSSR count). The highest BCUT2D eigenvalue weighted by molar-refractivity contribution is 6.33. The summed E-state index contributed by atoms with van der Waals surface area (Å²) in [5.74, 6) is -0.594. The lowest BCUT2D eigenvalue weighted by Gasteiger charge is -2.25. The maximum absolute atomic E-state index is 11.5. The molecule has 104 valence electrons. The van der Waals surface area contributed by atoms with Crippen molar-refractivity contribution in [3.05, 3.63) is 29.3 Å². The van der Waals surface area contributed by atoms with Crippen molar-refractivity contribution in [1.82, 2.24) is 0 Å². The molecule has 0 amide bonds. The number of carboxylic acid groups (broad SMARTS) is 1. The van der Waals surface area contributed by atoms with Gasteiger partial charge in [-0.1, -0.05) is 49.4 Å². The van der Waals surface area contributed by atoms with E-state index in [-0.39, 0.29) is 5.92 Å². The number of benzene rings is 1. The van der Waals surface area contributed by atoms with E-state index in [0.29, 0.717) is 10.7 Å². The normalized spacial score (nSPS) is 18.6. The number of para-hydroxylation sites is 1. The van der Waals surface area contributed by atoms with Crippen molar-refractivity contribution in [3.63, 3.8) is 0 Å². The zero-order valence-electron chi connectivity index (χ0n) is 10.9. The number of hydrogen-bond acceptors (Lipinski definition) is 2. The lowest BCUT2D eigenvalue weighted by atomic mass is 9.91. The van der Waals surface area contributed by atoms with Crippen molar-refractivity contribution in [3.8, 4) is 0 Å². The minimum absolute atomic E-state index is 0.191. The van der Waals surface area contributed by atoms with Crippen LogP contribution in [0.4, 0.5) is 5.69 Å². The van der Waals surface area contributed by atoms with Crippen LogP contribution in [-0.4, -0.2) is 17.1 Å². The fourth-order valence-corrected chi connectivity index (χ4v) is 2.96. The summed E-state index contributed by atoms with van der Waals surface area (Å²) in [6, 6.07) is 6.76. The minimum Gasteiger partial charge on any atom is -0.480 e. The molecule has 19 heavy (non-hydrogen) atoms. The number of carboxylic acids is 1. The van der Waals surface area contributed by atoms with Crippen LogP contribution in [0.3, 0.4) is 0 Å². The third kappa shape index (κ3) is 3.87. The molecule has 0 heterocycles. The second-order valence-electron chi connectivity index (χ2n) is 5.19. The van der Waals surface area contributed by atoms with Crippen LogP contribution in [0.1, 0.15) is 38.5 Å². The van der Waals surface area contributed by atoms with E-state index in [1.54, 1.807) is 6.07 Å². The third-order valence-electron chi connectivity index (χ3n) is 3.82. The van der Waals surface area contributed by atoms with Gasteiger partial charge in [0.1, 0.15) is 6.04 Å². The first-order chi connectivity index (χ1) is 9.18. The molecule has 1 atom stereocenters. The first kappa shape index (κ1) is 14.2. The van der Waals surface area contributed by atoms with E-state index >= 15 is 0 Å². The molecule has 1 aromatic carbocycles. The Morgan fingerprint density at radius 3 is 2.42 bits per heavy atom. The third-order valence-corrected chi connectivity index (χ3v) is 4.15. The van der Waals surface area contributed by atoms with Gasteiger partial charge in [-0.05, 0) is 30.9 Å². The quantitative estimate of drug-likeness (QED) is 0.814. The second-order valence-corrected chi connectivity index (χ2v) is 5.60. The van der Waals surface area contributed by atoms with E-state index in [4.69, 9.17) is 11.6 Å². The maximum atomic E-state index is 11.5. The Balaban J connectivity index is 2.11. The van der Waals surface area contributed by atoms with E-state index < -0.39 is 12.0 Å². The van der Waals surface area contributed by atoms with Gasteiger partial charge in [0, 0.05) is 0 Å². The van der Waals surface area contributed by atoms with Crippen molar-refractivity contribution in [1.29, 1.82) is 0 Å². The van der Waals surface area contributed by atoms with E-state index in [9.17, 15) is 9.90 Å². The Kier molecular flexibility index (Phi) is 5.08. The van der Waals surface area contributed by atoms with Gasteiger partial charge in [0.05, 0.1) is 10.7 Å². The summed E-state index contributed by atoms with van der Waals surface area (Å²) in [4.78, 5) is 11.5. The summed E-state index contributed by atoms with van der Waals surface area (Å²) in [5, 5.41) is 13.1. The first-order valence-corrected chi connectivity index (χ1v) is 7.30. The molecule has 1 aromatic rings. The van der Waals surface area contributed by atoms with Gasteiger partial charge >= 0.3 is 5.97 Å². The zero-order chi connectivity index (χ0) is 13.7. The van der Waals surface area contributed by atoms with Crippen LogP contribution in [0.25, 0.3) is 0 Å². The molecule has 2 N–H and O–H groups in total. The van der Waals surface area contributed by atoms with Crippen molar-refractivity contribution in [2.75, 3.05) is 5.32 Å². The Hall–Kier alpha value is -1.22. The lowest BCUT2D eigenvalue weighted by molar-refractivity contribution is -0.139. The van der Waals surface area contributed by atoms with Crippen molar-refractivity contribution >= 4 is 23.3 Å². The summed E-state index contributed by atoms with van der Waals surface area (Å²) in [6.45, 7) is 0. The highest BCUT2D eigenvalue weighted by Crippen LogP contribution is 2.29. The van der Waals surface area contributed by atoms with Crippen LogP contribution in [0.5, 0.6) is 0 Å². The number of carbonyl (C=O) groups is 1. The van der Waals surface area contributed by atoms with Crippen LogP contribution < -0.4 is 5.32 Å². The molecule has 1 saturated carbocycles. The Morgan fingerprint density at radius 1 is 1.21 bits per heavy atom. The monoisotopic (exact) mass is 281 g/mol. The Morgan fingerprint density at radius 2 is 1.84 bits per heavy atom. The molecule has 4 heteroatoms. The number of halogens is 1. The van der Waals surface area contributed by atoms with Gasteiger partial charge in [-0.15, -0.1) is 0 Å². The Labute approximate surface area is 119 Å². The van der Waals surface area contributed by atoms with E-state index in [1.165, 1.54) is 12.8 Å². The zero-order valence-corrected chi connectivity index (χ0v) is 11.7. The van der Waals surface area contributed by atoms with E-state index in [1.807, 2.05) is 18.2 Å². The predicted octanol–water partition coefficient (Wildman–Crippen LogP) is 4.18. The molecule has 0 radical (unpaired) electrons. The number of rotatable bonds is 4. The minimum atomic E-state index is -0.785. The number of hydrogen-bond donors (Lipinski definition) is 2. The number of aliphatic carboxylic acids is 1. The van der Waals surface area contributed by atoms with Crippen LogP contribution in [0.2, 0.25) is 5.02 Å². The van der Waals surface area contributed by atoms with Crippen LogP contribution in [0, 0.1) is 5.92 Å². The molecule has 0 bridgehead atoms. The highest BCUT2D eigenvalue weighted by Gasteiger charge is 2.28. The maximum Gasteiger partial charge on any atom is 0.326 e. The van der Waals surface area contributed by atoms with Gasteiger partial charge < -0.3 is 10.4 Å². The molecular formula is C15H20ClNO2. The lowest BCUT2D eigenvalue weighted by Crippen LogP contribution is -2.36. The Bertz CT molecular complexity index is 428. The largest absolute Gasteiger partial charge is 0.480 e. The number of nitrogens with one attached hydrogen (secondary N) is 1. The second kappa shape index (κ2) is 6.80. The van der Waals surface area contributed by atoms with E-state index in [2.05, 4.69) is 5.32 Å². The van der Waals surface area contributed by atoms with E-state index in [0.717, 1.165) is 25.7 Å². The first-order valence-electron chi connectivity index (χ1n) is 6.92. The molecule has 1 fully saturated rings. The van der Waals surface area contributed by atoms with Crippen molar-refractivity contribution < 1.29 is 9.90 Å². The SMILES string of the molecule is O=C(O)C(Nc1ccccc1Cl)C1CCCCCC1. The predicted molar refractivity (Wildman–Crippen MR) is 77.7 cm³/mol. The van der Waals surface area contributed by atoms with Gasteiger partial charge in [-0.3, -0.25) is 0 Å². The van der Waals surface area contributed by atoms with Gasteiger partial charge in [0.2, 0.25) is 0 Å². The molecule has 0 saturated heterocycles. The van der Waals surface area contributed by atoms with Gasteiger partial charge in [0.15, 0.2) is 0 Å². The average Bonchev–Trinajstić information content (AvgIpc) is 2.66. The number of anilines is 1. The molecule has 0 spiro atoms. The summed E-state index contributed by atoms with van der Waals surface area (Å²) in [5.41, 5.74) is 0.709. The van der Waals surface area contributed by atoms with Gasteiger partial charge in [-0.2, -0.15) is 0 Å². The van der Waals surface area contributed by atoms with Gasteiger partial charge in [-0.25, -0.2) is 4.79 Å². The summed E-state index contributed by atoms with van der Waals surface area (Å²) in [6.07, 6.45) is 6.64. The topological polar surface area (TPSA) is 49.3 Å². The molecule has 1 aliphatic rings. The molecule has 1 unspecified atom stereocenters. The highest BCUT2D eigenvalue weighted by atomic mass is 35.5. The molecule has 1 aliphatic carbocycles. The summed E-state index contributed by atoms with van der Waals surface area (Å²) >= 11 is 6.09. The van der Waals surface area contributed by atoms with Crippen LogP contribution in [-0.2, 0) is 4.79 Å². The smallest absolute Gasteiger partial charge is 0.326 e. The molecule has 0 aromatic heterocycles. The average molecular weight is 282 g/mol. The van der Waals surface area contributed by atoms with Crippen LogP contribution >= 0.6 is 11.6 Å². The fourth-order valence-electron chi connectivity index (χ4n) is 2.77. The van der Waals surface area contributed by atoms with Crippen molar-refractivity contribution in [2.45, 2.75) is 44.6 Å². The fraction of sp³-hybridized carbons (Fsp3) is 0.533. The standard InChI is InChI=1S/C15H20ClNO2/c16-12-9-5-6-10-13(12)17-14(15(18)19)11-7-3-1-2-4-8-11/h5-6,9-11,14,17H,1-4,7-8H2,(H,18,19). The molecule has 0 aliphatic heterocycles.